The number of aryl methyl sites for hydroxylation is 1. The Hall–Kier alpha value is -3.85. The topological polar surface area (TPSA) is 88.9 Å². The number of halogens is 1. The van der Waals surface area contributed by atoms with Crippen LogP contribution in [0.15, 0.2) is 61.2 Å². The molecule has 0 aliphatic heterocycles. The second kappa shape index (κ2) is 8.95. The Kier molecular flexibility index (Phi) is 5.70. The monoisotopic (exact) mass is 461 g/mol. The summed E-state index contributed by atoms with van der Waals surface area (Å²) in [5.41, 5.74) is 2.43. The number of thiophene rings is 1. The van der Waals surface area contributed by atoms with Crippen LogP contribution in [0.25, 0.3) is 5.69 Å². The zero-order chi connectivity index (χ0) is 22.8. The average molecular weight is 462 g/mol. The zero-order valence-electron chi connectivity index (χ0n) is 17.5. The number of aromatic nitrogens is 3. The maximum absolute atomic E-state index is 14.6. The molecule has 0 atom stereocenters. The van der Waals surface area contributed by atoms with Crippen molar-refractivity contribution in [2.75, 3.05) is 10.6 Å². The van der Waals surface area contributed by atoms with Crippen molar-refractivity contribution in [3.8, 4) is 5.69 Å². The van der Waals surface area contributed by atoms with Gasteiger partial charge in [0.2, 0.25) is 0 Å². The number of hydrogen-bond acceptors (Lipinski definition) is 5. The number of pyridine rings is 1. The van der Waals surface area contributed by atoms with Crippen molar-refractivity contribution in [1.29, 1.82) is 0 Å². The summed E-state index contributed by atoms with van der Waals surface area (Å²) in [5, 5.41) is 10.2. The van der Waals surface area contributed by atoms with Crippen molar-refractivity contribution < 1.29 is 14.0 Å². The van der Waals surface area contributed by atoms with E-state index in [1.165, 1.54) is 28.3 Å². The summed E-state index contributed by atoms with van der Waals surface area (Å²) in [4.78, 5) is 31.1. The molecule has 4 aromatic rings. The van der Waals surface area contributed by atoms with Crippen LogP contribution in [0.4, 0.5) is 15.1 Å². The van der Waals surface area contributed by atoms with Crippen LogP contribution in [-0.4, -0.2) is 26.6 Å². The summed E-state index contributed by atoms with van der Waals surface area (Å²) in [6, 6.07) is 9.51. The molecule has 9 heteroatoms. The quantitative estimate of drug-likeness (QED) is 0.445. The molecule has 2 N–H and O–H groups in total. The van der Waals surface area contributed by atoms with Crippen LogP contribution in [0.5, 0.6) is 0 Å². The predicted octanol–water partition coefficient (Wildman–Crippen LogP) is 4.85. The highest BCUT2D eigenvalue weighted by molar-refractivity contribution is 7.17. The third-order valence-corrected chi connectivity index (χ3v) is 6.71. The van der Waals surface area contributed by atoms with Gasteiger partial charge in [-0.05, 0) is 67.6 Å². The largest absolute Gasteiger partial charge is 0.322 e. The zero-order valence-corrected chi connectivity index (χ0v) is 18.4. The first-order valence-electron chi connectivity index (χ1n) is 10.6. The Morgan fingerprint density at radius 2 is 1.91 bits per heavy atom. The minimum Gasteiger partial charge on any atom is -0.322 e. The summed E-state index contributed by atoms with van der Waals surface area (Å²) in [5.74, 6) is -1.21. The normalized spacial score (nSPS) is 12.8. The molecule has 33 heavy (non-hydrogen) atoms. The molecule has 1 aromatic carbocycles. The van der Waals surface area contributed by atoms with Crippen LogP contribution >= 0.6 is 11.3 Å². The molecule has 0 fully saturated rings. The van der Waals surface area contributed by atoms with E-state index in [0.717, 1.165) is 36.1 Å². The summed E-state index contributed by atoms with van der Waals surface area (Å²) in [6.07, 6.45) is 9.95. The number of carbonyl (C=O) groups excluding carboxylic acids is 2. The Labute approximate surface area is 193 Å². The fraction of sp³-hybridized carbons (Fsp3) is 0.167. The molecule has 0 bridgehead atoms. The lowest BCUT2D eigenvalue weighted by atomic mass is 9.95. The van der Waals surface area contributed by atoms with E-state index in [-0.39, 0.29) is 17.5 Å². The van der Waals surface area contributed by atoms with E-state index in [4.69, 9.17) is 0 Å². The molecule has 3 heterocycles. The van der Waals surface area contributed by atoms with Gasteiger partial charge in [0.15, 0.2) is 5.82 Å². The van der Waals surface area contributed by atoms with Gasteiger partial charge in [0.1, 0.15) is 10.7 Å². The molecule has 1 aliphatic carbocycles. The molecule has 0 unspecified atom stereocenters. The van der Waals surface area contributed by atoms with Crippen LogP contribution < -0.4 is 10.6 Å². The Morgan fingerprint density at radius 1 is 1.03 bits per heavy atom. The molecule has 0 saturated heterocycles. The van der Waals surface area contributed by atoms with Gasteiger partial charge in [-0.3, -0.25) is 14.6 Å². The standard InChI is InChI=1S/C24H20FN5O2S/c25-18-13-16(8-9-19(18)30-12-4-11-27-30)28-23(32)21-17-6-1-2-7-20(17)33-24(21)29-22(31)15-5-3-10-26-14-15/h3-5,8-14H,1-2,6-7H2,(H,28,32)(H,29,31). The SMILES string of the molecule is O=C(Nc1sc2c(c1C(=O)Nc1ccc(-n3cccn3)c(F)c1)CCCC2)c1cccnc1. The minimum atomic E-state index is -0.506. The Morgan fingerprint density at radius 3 is 2.67 bits per heavy atom. The molecule has 1 aliphatic rings. The lowest BCUT2D eigenvalue weighted by Gasteiger charge is -2.14. The fourth-order valence-electron chi connectivity index (χ4n) is 3.94. The van der Waals surface area contributed by atoms with Crippen molar-refractivity contribution in [3.63, 3.8) is 0 Å². The number of hydrogen-bond donors (Lipinski definition) is 2. The highest BCUT2D eigenvalue weighted by atomic mass is 32.1. The van der Waals surface area contributed by atoms with Crippen LogP contribution in [0.3, 0.4) is 0 Å². The number of carbonyl (C=O) groups is 2. The van der Waals surface area contributed by atoms with E-state index in [2.05, 4.69) is 20.7 Å². The van der Waals surface area contributed by atoms with E-state index in [9.17, 15) is 14.0 Å². The van der Waals surface area contributed by atoms with Crippen LogP contribution in [0.1, 0.15) is 44.0 Å². The van der Waals surface area contributed by atoms with E-state index in [1.54, 1.807) is 48.9 Å². The highest BCUT2D eigenvalue weighted by Gasteiger charge is 2.27. The van der Waals surface area contributed by atoms with Gasteiger partial charge in [0.05, 0.1) is 11.1 Å². The lowest BCUT2D eigenvalue weighted by molar-refractivity contribution is 0.102. The van der Waals surface area contributed by atoms with Gasteiger partial charge in [-0.1, -0.05) is 0 Å². The van der Waals surface area contributed by atoms with Crippen molar-refractivity contribution in [3.05, 3.63) is 88.6 Å². The minimum absolute atomic E-state index is 0.287. The number of amides is 2. The molecule has 0 saturated carbocycles. The van der Waals surface area contributed by atoms with E-state index >= 15 is 0 Å². The summed E-state index contributed by atoms with van der Waals surface area (Å²) >= 11 is 1.43. The van der Waals surface area contributed by atoms with Gasteiger partial charge in [-0.25, -0.2) is 9.07 Å². The lowest BCUT2D eigenvalue weighted by Crippen LogP contribution is -2.19. The molecule has 5 rings (SSSR count). The Balaban J connectivity index is 1.43. The molecular formula is C24H20FN5O2S. The smallest absolute Gasteiger partial charge is 0.258 e. The molecule has 0 radical (unpaired) electrons. The van der Waals surface area contributed by atoms with Crippen LogP contribution in [-0.2, 0) is 12.8 Å². The summed E-state index contributed by atoms with van der Waals surface area (Å²) in [7, 11) is 0. The van der Waals surface area contributed by atoms with Gasteiger partial charge < -0.3 is 10.6 Å². The van der Waals surface area contributed by atoms with E-state index in [0.29, 0.717) is 21.8 Å². The van der Waals surface area contributed by atoms with Crippen molar-refractivity contribution in [2.45, 2.75) is 25.7 Å². The van der Waals surface area contributed by atoms with Gasteiger partial charge in [-0.15, -0.1) is 11.3 Å². The maximum Gasteiger partial charge on any atom is 0.258 e. The number of rotatable bonds is 5. The Bertz CT molecular complexity index is 1320. The predicted molar refractivity (Wildman–Crippen MR) is 125 cm³/mol. The molecule has 2 amide bonds. The third kappa shape index (κ3) is 4.27. The first-order valence-corrected chi connectivity index (χ1v) is 11.4. The maximum atomic E-state index is 14.6. The second-order valence-electron chi connectivity index (χ2n) is 7.68. The van der Waals surface area contributed by atoms with Crippen molar-refractivity contribution >= 4 is 33.8 Å². The first-order chi connectivity index (χ1) is 16.1. The molecule has 166 valence electrons. The third-order valence-electron chi connectivity index (χ3n) is 5.51. The number of nitrogens with one attached hydrogen (secondary N) is 2. The van der Waals surface area contributed by atoms with Gasteiger partial charge in [0.25, 0.3) is 11.8 Å². The van der Waals surface area contributed by atoms with E-state index in [1.807, 2.05) is 0 Å². The molecule has 7 nitrogen and oxygen atoms in total. The number of benzene rings is 1. The molecule has 0 spiro atoms. The molecular weight excluding hydrogens is 441 g/mol. The van der Waals surface area contributed by atoms with Crippen LogP contribution in [0, 0.1) is 5.82 Å². The highest BCUT2D eigenvalue weighted by Crippen LogP contribution is 2.39. The van der Waals surface area contributed by atoms with Gasteiger partial charge >= 0.3 is 0 Å². The van der Waals surface area contributed by atoms with Crippen molar-refractivity contribution in [2.24, 2.45) is 0 Å². The summed E-state index contributed by atoms with van der Waals surface area (Å²) in [6.45, 7) is 0. The second-order valence-corrected chi connectivity index (χ2v) is 8.79. The average Bonchev–Trinajstić information content (AvgIpc) is 3.47. The number of fused-ring (bicyclic) bond motifs is 1. The van der Waals surface area contributed by atoms with Crippen LogP contribution in [0.2, 0.25) is 0 Å². The summed E-state index contributed by atoms with van der Waals surface area (Å²) < 4.78 is 16.1. The number of anilines is 2. The first kappa shape index (κ1) is 21.0. The van der Waals surface area contributed by atoms with Gasteiger partial charge in [0, 0.05) is 35.4 Å². The fourth-order valence-corrected chi connectivity index (χ4v) is 5.22. The van der Waals surface area contributed by atoms with Crippen molar-refractivity contribution in [1.82, 2.24) is 14.8 Å². The molecule has 3 aromatic heterocycles. The van der Waals surface area contributed by atoms with Gasteiger partial charge in [-0.2, -0.15) is 5.10 Å². The number of nitrogens with zero attached hydrogens (tertiary/aromatic N) is 3. The van der Waals surface area contributed by atoms with E-state index < -0.39 is 5.82 Å².